The summed E-state index contributed by atoms with van der Waals surface area (Å²) in [4.78, 5) is 10.4. The quantitative estimate of drug-likeness (QED) is 0.793. The lowest BCUT2D eigenvalue weighted by Gasteiger charge is -2.26. The molecule has 1 aliphatic rings. The first kappa shape index (κ1) is 15.2. The topological polar surface area (TPSA) is 47.5 Å². The first-order valence-electron chi connectivity index (χ1n) is 7.33. The predicted molar refractivity (Wildman–Crippen MR) is 85.2 cm³/mol. The van der Waals surface area contributed by atoms with Gasteiger partial charge in [0.2, 0.25) is 5.28 Å². The van der Waals surface area contributed by atoms with Crippen LogP contribution in [-0.4, -0.2) is 54.3 Å². The predicted octanol–water partition coefficient (Wildman–Crippen LogP) is 2.51. The Hall–Kier alpha value is -1.69. The zero-order valence-corrected chi connectivity index (χ0v) is 13.0. The molecular weight excluding hydrogens is 302 g/mol. The summed E-state index contributed by atoms with van der Waals surface area (Å²) >= 11 is 5.81. The number of ether oxygens (including phenoxy) is 2. The average molecular weight is 320 g/mol. The van der Waals surface area contributed by atoms with Gasteiger partial charge >= 0.3 is 0 Å². The van der Waals surface area contributed by atoms with Crippen LogP contribution in [0.25, 0.3) is 11.3 Å². The minimum Gasteiger partial charge on any atom is -0.492 e. The Kier molecular flexibility index (Phi) is 5.21. The molecule has 116 valence electrons. The van der Waals surface area contributed by atoms with Crippen molar-refractivity contribution in [3.63, 3.8) is 0 Å². The number of morpholine rings is 1. The smallest absolute Gasteiger partial charge is 0.222 e. The second-order valence-electron chi connectivity index (χ2n) is 5.04. The van der Waals surface area contributed by atoms with Crippen molar-refractivity contribution in [3.05, 3.63) is 41.8 Å². The molecule has 0 amide bonds. The van der Waals surface area contributed by atoms with E-state index >= 15 is 0 Å². The van der Waals surface area contributed by atoms with E-state index in [0.29, 0.717) is 6.61 Å². The molecule has 1 fully saturated rings. The zero-order valence-electron chi connectivity index (χ0n) is 12.2. The van der Waals surface area contributed by atoms with Crippen molar-refractivity contribution in [2.45, 2.75) is 0 Å². The third-order valence-corrected chi connectivity index (χ3v) is 3.74. The number of hydrogen-bond donors (Lipinski definition) is 0. The molecule has 0 unspecified atom stereocenters. The minimum absolute atomic E-state index is 0.253. The number of benzene rings is 1. The van der Waals surface area contributed by atoms with E-state index in [1.807, 2.05) is 30.3 Å². The summed E-state index contributed by atoms with van der Waals surface area (Å²) in [5, 5.41) is 0.253. The van der Waals surface area contributed by atoms with Crippen molar-refractivity contribution < 1.29 is 9.47 Å². The number of hydrogen-bond acceptors (Lipinski definition) is 5. The third kappa shape index (κ3) is 4.16. The van der Waals surface area contributed by atoms with Crippen molar-refractivity contribution in [2.24, 2.45) is 0 Å². The molecule has 22 heavy (non-hydrogen) atoms. The SMILES string of the molecule is Clc1nccc(-c2ccc(OCCN3CCOCC3)cc2)n1. The van der Waals surface area contributed by atoms with E-state index in [-0.39, 0.29) is 5.28 Å². The van der Waals surface area contributed by atoms with Gasteiger partial charge in [-0.1, -0.05) is 0 Å². The Labute approximate surface area is 134 Å². The van der Waals surface area contributed by atoms with Crippen molar-refractivity contribution in [3.8, 4) is 17.0 Å². The van der Waals surface area contributed by atoms with Crippen molar-refractivity contribution in [2.75, 3.05) is 39.5 Å². The van der Waals surface area contributed by atoms with Crippen LogP contribution in [-0.2, 0) is 4.74 Å². The molecule has 1 aliphatic heterocycles. The molecule has 6 heteroatoms. The molecule has 2 aromatic rings. The third-order valence-electron chi connectivity index (χ3n) is 3.56. The van der Waals surface area contributed by atoms with Crippen LogP contribution in [0.5, 0.6) is 5.75 Å². The van der Waals surface area contributed by atoms with E-state index in [1.54, 1.807) is 6.20 Å². The largest absolute Gasteiger partial charge is 0.492 e. The van der Waals surface area contributed by atoms with E-state index in [4.69, 9.17) is 21.1 Å². The van der Waals surface area contributed by atoms with Gasteiger partial charge < -0.3 is 9.47 Å². The molecule has 0 N–H and O–H groups in total. The lowest BCUT2D eigenvalue weighted by molar-refractivity contribution is 0.0322. The van der Waals surface area contributed by atoms with Gasteiger partial charge in [0, 0.05) is 31.4 Å². The second-order valence-corrected chi connectivity index (χ2v) is 5.38. The average Bonchev–Trinajstić information content (AvgIpc) is 2.56. The van der Waals surface area contributed by atoms with Crippen LogP contribution in [0.3, 0.4) is 0 Å². The molecule has 1 aromatic carbocycles. The minimum atomic E-state index is 0.253. The van der Waals surface area contributed by atoms with Gasteiger partial charge in [0.15, 0.2) is 0 Å². The lowest BCUT2D eigenvalue weighted by atomic mass is 10.1. The Balaban J connectivity index is 1.53. The Morgan fingerprint density at radius 2 is 1.91 bits per heavy atom. The Bertz CT molecular complexity index is 601. The monoisotopic (exact) mass is 319 g/mol. The van der Waals surface area contributed by atoms with Crippen molar-refractivity contribution >= 4 is 11.6 Å². The summed E-state index contributed by atoms with van der Waals surface area (Å²) in [6.45, 7) is 5.20. The molecule has 0 saturated carbocycles. The van der Waals surface area contributed by atoms with E-state index in [2.05, 4.69) is 14.9 Å². The normalized spacial score (nSPS) is 15.7. The fraction of sp³-hybridized carbons (Fsp3) is 0.375. The van der Waals surface area contributed by atoms with E-state index < -0.39 is 0 Å². The van der Waals surface area contributed by atoms with Crippen LogP contribution < -0.4 is 4.74 Å². The van der Waals surface area contributed by atoms with Crippen LogP contribution in [0.2, 0.25) is 5.28 Å². The molecule has 0 bridgehead atoms. The molecule has 1 aromatic heterocycles. The highest BCUT2D eigenvalue weighted by Crippen LogP contribution is 2.21. The fourth-order valence-corrected chi connectivity index (χ4v) is 2.48. The van der Waals surface area contributed by atoms with Gasteiger partial charge in [-0.15, -0.1) is 0 Å². The molecule has 5 nitrogen and oxygen atoms in total. The molecule has 0 aliphatic carbocycles. The number of nitrogens with zero attached hydrogens (tertiary/aromatic N) is 3. The molecule has 0 atom stereocenters. The molecule has 2 heterocycles. The molecule has 0 radical (unpaired) electrons. The van der Waals surface area contributed by atoms with Crippen LogP contribution >= 0.6 is 11.6 Å². The summed E-state index contributed by atoms with van der Waals surface area (Å²) in [7, 11) is 0. The summed E-state index contributed by atoms with van der Waals surface area (Å²) < 4.78 is 11.1. The lowest BCUT2D eigenvalue weighted by Crippen LogP contribution is -2.38. The van der Waals surface area contributed by atoms with Crippen LogP contribution in [0.15, 0.2) is 36.5 Å². The van der Waals surface area contributed by atoms with E-state index in [9.17, 15) is 0 Å². The van der Waals surface area contributed by atoms with Gasteiger partial charge in [-0.2, -0.15) is 0 Å². The van der Waals surface area contributed by atoms with E-state index in [0.717, 1.165) is 49.9 Å². The number of aromatic nitrogens is 2. The summed E-state index contributed by atoms with van der Waals surface area (Å²) in [6, 6.07) is 9.68. The summed E-state index contributed by atoms with van der Waals surface area (Å²) in [5.74, 6) is 0.858. The molecular formula is C16H18ClN3O2. The number of rotatable bonds is 5. The highest BCUT2D eigenvalue weighted by atomic mass is 35.5. The molecule has 0 spiro atoms. The summed E-state index contributed by atoms with van der Waals surface area (Å²) in [6.07, 6.45) is 1.65. The van der Waals surface area contributed by atoms with Gasteiger partial charge in [-0.3, -0.25) is 4.90 Å². The highest BCUT2D eigenvalue weighted by Gasteiger charge is 2.09. The number of halogens is 1. The maximum Gasteiger partial charge on any atom is 0.222 e. The standard InChI is InChI=1S/C16H18ClN3O2/c17-16-18-6-5-15(19-16)13-1-3-14(4-2-13)22-12-9-20-7-10-21-11-8-20/h1-6H,7-12H2. The second kappa shape index (κ2) is 7.54. The molecule has 1 saturated heterocycles. The first-order chi connectivity index (χ1) is 10.8. The van der Waals surface area contributed by atoms with Gasteiger partial charge in [0.1, 0.15) is 12.4 Å². The van der Waals surface area contributed by atoms with Crippen LogP contribution in [0.1, 0.15) is 0 Å². The van der Waals surface area contributed by atoms with Gasteiger partial charge in [-0.05, 0) is 41.9 Å². The maximum atomic E-state index is 5.81. The highest BCUT2D eigenvalue weighted by molar-refractivity contribution is 6.28. The van der Waals surface area contributed by atoms with Gasteiger partial charge in [0.05, 0.1) is 18.9 Å². The Morgan fingerprint density at radius 1 is 1.14 bits per heavy atom. The fourth-order valence-electron chi connectivity index (χ4n) is 2.33. The summed E-state index contributed by atoms with van der Waals surface area (Å²) in [5.41, 5.74) is 1.80. The molecule has 3 rings (SSSR count). The Morgan fingerprint density at radius 3 is 2.64 bits per heavy atom. The van der Waals surface area contributed by atoms with Gasteiger partial charge in [0.25, 0.3) is 0 Å². The van der Waals surface area contributed by atoms with Crippen LogP contribution in [0, 0.1) is 0 Å². The van der Waals surface area contributed by atoms with Crippen molar-refractivity contribution in [1.29, 1.82) is 0 Å². The zero-order chi connectivity index (χ0) is 15.2. The maximum absolute atomic E-state index is 5.81. The first-order valence-corrected chi connectivity index (χ1v) is 7.71. The van der Waals surface area contributed by atoms with Gasteiger partial charge in [-0.25, -0.2) is 9.97 Å². The van der Waals surface area contributed by atoms with Crippen molar-refractivity contribution in [1.82, 2.24) is 14.9 Å². The van der Waals surface area contributed by atoms with E-state index in [1.165, 1.54) is 0 Å². The van der Waals surface area contributed by atoms with Crippen LogP contribution in [0.4, 0.5) is 0 Å².